The van der Waals surface area contributed by atoms with Gasteiger partial charge in [0.15, 0.2) is 5.78 Å². The molecule has 172 valence electrons. The summed E-state index contributed by atoms with van der Waals surface area (Å²) >= 11 is 12.8. The molecule has 33 heavy (non-hydrogen) atoms. The van der Waals surface area contributed by atoms with Crippen LogP contribution in [0.1, 0.15) is 34.3 Å². The summed E-state index contributed by atoms with van der Waals surface area (Å²) in [5, 5.41) is 3.19. The fraction of sp³-hybridized carbons (Fsp3) is 0.227. The molecular weight excluding hydrogens is 505 g/mol. The smallest absolute Gasteiger partial charge is 0.253 e. The number of aromatic nitrogens is 1. The van der Waals surface area contributed by atoms with Gasteiger partial charge in [-0.25, -0.2) is 8.42 Å². The van der Waals surface area contributed by atoms with Crippen LogP contribution in [-0.2, 0) is 21.4 Å². The van der Waals surface area contributed by atoms with Gasteiger partial charge in [-0.05, 0) is 36.6 Å². The fourth-order valence-corrected chi connectivity index (χ4v) is 7.07. The van der Waals surface area contributed by atoms with Gasteiger partial charge in [0.2, 0.25) is 5.91 Å². The van der Waals surface area contributed by atoms with E-state index in [1.54, 1.807) is 30.3 Å². The summed E-state index contributed by atoms with van der Waals surface area (Å²) in [6.45, 7) is 0.492. The van der Waals surface area contributed by atoms with Crippen LogP contribution in [0.3, 0.4) is 0 Å². The van der Waals surface area contributed by atoms with Gasteiger partial charge in [0.1, 0.15) is 10.3 Å². The number of nitrogens with zero attached hydrogens (tertiary/aromatic N) is 2. The van der Waals surface area contributed by atoms with Crippen molar-refractivity contribution in [2.24, 2.45) is 0 Å². The Labute approximate surface area is 205 Å². The van der Waals surface area contributed by atoms with E-state index >= 15 is 0 Å². The average molecular weight is 524 g/mol. The fourth-order valence-electron chi connectivity index (χ4n) is 3.63. The summed E-state index contributed by atoms with van der Waals surface area (Å²) in [6.07, 6.45) is 3.96. The van der Waals surface area contributed by atoms with Gasteiger partial charge < -0.3 is 5.32 Å². The summed E-state index contributed by atoms with van der Waals surface area (Å²) in [4.78, 5) is 29.3. The van der Waals surface area contributed by atoms with Crippen LogP contribution in [0.5, 0.6) is 0 Å². The maximum absolute atomic E-state index is 12.9. The summed E-state index contributed by atoms with van der Waals surface area (Å²) in [5.41, 5.74) is 1.64. The van der Waals surface area contributed by atoms with Crippen molar-refractivity contribution in [3.8, 4) is 0 Å². The summed E-state index contributed by atoms with van der Waals surface area (Å²) < 4.78 is 27.6. The van der Waals surface area contributed by atoms with E-state index in [0.29, 0.717) is 33.3 Å². The van der Waals surface area contributed by atoms with E-state index in [1.807, 2.05) is 0 Å². The Morgan fingerprint density at radius 3 is 2.52 bits per heavy atom. The minimum atomic E-state index is -3.79. The van der Waals surface area contributed by atoms with Crippen molar-refractivity contribution < 1.29 is 18.0 Å². The van der Waals surface area contributed by atoms with Gasteiger partial charge in [0, 0.05) is 36.6 Å². The monoisotopic (exact) mass is 523 g/mol. The summed E-state index contributed by atoms with van der Waals surface area (Å²) in [5.74, 6) is -0.565. The number of sulfonamides is 1. The zero-order chi connectivity index (χ0) is 23.6. The molecule has 0 spiro atoms. The molecule has 0 aliphatic carbocycles. The Morgan fingerprint density at radius 2 is 1.85 bits per heavy atom. The SMILES string of the molecule is O=C(c1ccc(CNC(=O)[C@@H]2CCCN2S(=O)(=O)c2ccc(Cl)s2)cc1)c1cncc(Cl)c1. The zero-order valence-corrected chi connectivity index (χ0v) is 20.3. The lowest BCUT2D eigenvalue weighted by Gasteiger charge is -2.22. The Bertz CT molecular complexity index is 1290. The molecule has 0 bridgehead atoms. The first kappa shape index (κ1) is 23.8. The van der Waals surface area contributed by atoms with Gasteiger partial charge in [0.25, 0.3) is 10.0 Å². The van der Waals surface area contributed by atoms with Crippen molar-refractivity contribution in [3.05, 3.63) is 80.9 Å². The predicted octanol–water partition coefficient (Wildman–Crippen LogP) is 4.15. The Balaban J connectivity index is 1.39. The van der Waals surface area contributed by atoms with E-state index in [9.17, 15) is 18.0 Å². The third-order valence-corrected chi connectivity index (χ3v) is 9.08. The number of carbonyl (C=O) groups excluding carboxylic acids is 2. The van der Waals surface area contributed by atoms with E-state index in [4.69, 9.17) is 23.2 Å². The molecule has 1 fully saturated rings. The molecule has 3 heterocycles. The van der Waals surface area contributed by atoms with Crippen molar-refractivity contribution in [2.45, 2.75) is 29.6 Å². The Morgan fingerprint density at radius 1 is 1.09 bits per heavy atom. The second-order valence-electron chi connectivity index (χ2n) is 7.47. The molecule has 7 nitrogen and oxygen atoms in total. The van der Waals surface area contributed by atoms with Crippen molar-refractivity contribution in [3.63, 3.8) is 0 Å². The highest BCUT2D eigenvalue weighted by molar-refractivity contribution is 7.91. The molecule has 11 heteroatoms. The lowest BCUT2D eigenvalue weighted by atomic mass is 10.0. The van der Waals surface area contributed by atoms with Crippen molar-refractivity contribution in [1.82, 2.24) is 14.6 Å². The van der Waals surface area contributed by atoms with E-state index in [2.05, 4.69) is 10.3 Å². The topological polar surface area (TPSA) is 96.4 Å². The van der Waals surface area contributed by atoms with Crippen LogP contribution >= 0.6 is 34.5 Å². The molecule has 3 aromatic rings. The minimum absolute atomic E-state index is 0.127. The number of hydrogen-bond acceptors (Lipinski definition) is 6. The van der Waals surface area contributed by atoms with Gasteiger partial charge in [-0.15, -0.1) is 11.3 Å². The third-order valence-electron chi connectivity index (χ3n) is 5.27. The molecule has 1 saturated heterocycles. The van der Waals surface area contributed by atoms with E-state index in [0.717, 1.165) is 16.9 Å². The lowest BCUT2D eigenvalue weighted by Crippen LogP contribution is -2.45. The molecule has 0 saturated carbocycles. The van der Waals surface area contributed by atoms with Crippen LogP contribution in [0.4, 0.5) is 0 Å². The molecule has 1 atom stereocenters. The predicted molar refractivity (Wildman–Crippen MR) is 127 cm³/mol. The number of carbonyl (C=O) groups is 2. The number of benzene rings is 1. The number of ketones is 1. The second kappa shape index (κ2) is 9.90. The van der Waals surface area contributed by atoms with E-state index in [1.165, 1.54) is 28.8 Å². The van der Waals surface area contributed by atoms with Gasteiger partial charge >= 0.3 is 0 Å². The van der Waals surface area contributed by atoms with Gasteiger partial charge in [-0.3, -0.25) is 14.6 Å². The van der Waals surface area contributed by atoms with Crippen LogP contribution in [0.2, 0.25) is 9.36 Å². The van der Waals surface area contributed by atoms with Crippen LogP contribution in [0.15, 0.2) is 59.1 Å². The molecule has 2 aromatic heterocycles. The van der Waals surface area contributed by atoms with Crippen LogP contribution in [0, 0.1) is 0 Å². The first-order valence-corrected chi connectivity index (χ1v) is 13.1. The maximum atomic E-state index is 12.9. The molecule has 1 N–H and O–H groups in total. The van der Waals surface area contributed by atoms with Crippen molar-refractivity contribution in [2.75, 3.05) is 6.54 Å². The minimum Gasteiger partial charge on any atom is -0.351 e. The first-order chi connectivity index (χ1) is 15.8. The largest absolute Gasteiger partial charge is 0.351 e. The number of amides is 1. The van der Waals surface area contributed by atoms with E-state index in [-0.39, 0.29) is 29.0 Å². The molecule has 4 rings (SSSR count). The quantitative estimate of drug-likeness (QED) is 0.469. The standard InChI is InChI=1S/C22H19Cl2N3O4S2/c23-17-10-16(12-25-13-17)21(28)15-5-3-14(4-6-15)11-26-22(29)18-2-1-9-27(18)33(30,31)20-8-7-19(24)32-20/h3-8,10,12-13,18H,1-2,9,11H2,(H,26,29)/t18-/m0/s1. The summed E-state index contributed by atoms with van der Waals surface area (Å²) in [6, 6.07) is 10.6. The van der Waals surface area contributed by atoms with Crippen molar-refractivity contribution in [1.29, 1.82) is 0 Å². The second-order valence-corrected chi connectivity index (χ2v) is 11.7. The van der Waals surface area contributed by atoms with Crippen LogP contribution in [-0.4, -0.2) is 42.0 Å². The highest BCUT2D eigenvalue weighted by atomic mass is 35.5. The molecule has 0 radical (unpaired) electrons. The van der Waals surface area contributed by atoms with Gasteiger partial charge in [-0.1, -0.05) is 47.5 Å². The number of pyridine rings is 1. The molecule has 1 aliphatic rings. The van der Waals surface area contributed by atoms with Crippen LogP contribution < -0.4 is 5.32 Å². The number of halogens is 2. The Hall–Kier alpha value is -2.30. The third kappa shape index (κ3) is 5.28. The average Bonchev–Trinajstić information content (AvgIpc) is 3.47. The van der Waals surface area contributed by atoms with Gasteiger partial charge in [0.05, 0.1) is 9.36 Å². The van der Waals surface area contributed by atoms with Gasteiger partial charge in [-0.2, -0.15) is 4.31 Å². The molecule has 1 amide bonds. The van der Waals surface area contributed by atoms with Crippen molar-refractivity contribution >= 4 is 56.3 Å². The highest BCUT2D eigenvalue weighted by Crippen LogP contribution is 2.32. The molecule has 0 unspecified atom stereocenters. The summed E-state index contributed by atoms with van der Waals surface area (Å²) in [7, 11) is -3.79. The van der Waals surface area contributed by atoms with E-state index < -0.39 is 16.1 Å². The molecule has 1 aliphatic heterocycles. The number of rotatable bonds is 7. The lowest BCUT2D eigenvalue weighted by molar-refractivity contribution is -0.124. The molecule has 1 aromatic carbocycles. The first-order valence-electron chi connectivity index (χ1n) is 10.0. The number of thiophene rings is 1. The number of nitrogens with one attached hydrogen (secondary N) is 1. The highest BCUT2D eigenvalue weighted by Gasteiger charge is 2.40. The number of hydrogen-bond donors (Lipinski definition) is 1. The van der Waals surface area contributed by atoms with Crippen LogP contribution in [0.25, 0.3) is 0 Å². The molecular formula is C22H19Cl2N3O4S2. The maximum Gasteiger partial charge on any atom is 0.253 e. The Kier molecular flexibility index (Phi) is 7.16. The zero-order valence-electron chi connectivity index (χ0n) is 17.2. The normalized spacial score (nSPS) is 16.6.